The zero-order valence-electron chi connectivity index (χ0n) is 9.36. The van der Waals surface area contributed by atoms with E-state index >= 15 is 0 Å². The first-order chi connectivity index (χ1) is 8.99. The van der Waals surface area contributed by atoms with Gasteiger partial charge < -0.3 is 5.73 Å². The van der Waals surface area contributed by atoms with E-state index < -0.39 is 5.24 Å². The number of nitrogens with two attached hydrogens (primary N) is 1. The van der Waals surface area contributed by atoms with Gasteiger partial charge in [-0.15, -0.1) is 11.3 Å². The fourth-order valence-corrected chi connectivity index (χ4v) is 2.66. The van der Waals surface area contributed by atoms with Crippen LogP contribution in [0.15, 0.2) is 23.6 Å². The van der Waals surface area contributed by atoms with Crippen molar-refractivity contribution in [2.75, 3.05) is 5.73 Å². The van der Waals surface area contributed by atoms with Crippen molar-refractivity contribution >= 4 is 68.2 Å². The summed E-state index contributed by atoms with van der Waals surface area (Å²) in [6.07, 6.45) is 1.51. The number of thiazole rings is 1. The standard InChI is InChI=1S/C12H7Cl3N2OS/c13-8-2-1-3-9(14)6(8)4-7(11(15)18)10-5-19-12(16)17-10/h1-5H,(H2,16,17). The molecule has 1 aromatic heterocycles. The van der Waals surface area contributed by atoms with Crippen molar-refractivity contribution in [1.82, 2.24) is 4.98 Å². The van der Waals surface area contributed by atoms with Crippen molar-refractivity contribution in [3.63, 3.8) is 0 Å². The van der Waals surface area contributed by atoms with E-state index in [1.165, 1.54) is 17.4 Å². The van der Waals surface area contributed by atoms with Gasteiger partial charge >= 0.3 is 0 Å². The summed E-state index contributed by atoms with van der Waals surface area (Å²) in [6.45, 7) is 0. The van der Waals surface area contributed by atoms with Crippen molar-refractivity contribution in [2.45, 2.75) is 0 Å². The summed E-state index contributed by atoms with van der Waals surface area (Å²) in [4.78, 5) is 15.5. The maximum atomic E-state index is 11.5. The van der Waals surface area contributed by atoms with Gasteiger partial charge in [-0.3, -0.25) is 4.79 Å². The summed E-state index contributed by atoms with van der Waals surface area (Å²) in [5.74, 6) is 0. The Morgan fingerprint density at radius 3 is 2.42 bits per heavy atom. The summed E-state index contributed by atoms with van der Waals surface area (Å²) >= 11 is 18.9. The summed E-state index contributed by atoms with van der Waals surface area (Å²) < 4.78 is 0. The van der Waals surface area contributed by atoms with Gasteiger partial charge in [-0.2, -0.15) is 0 Å². The minimum absolute atomic E-state index is 0.199. The van der Waals surface area contributed by atoms with Gasteiger partial charge in [-0.05, 0) is 29.8 Å². The number of hydrogen-bond donors (Lipinski definition) is 1. The SMILES string of the molecule is Nc1nc(C(=Cc2c(Cl)cccc2Cl)C(=O)Cl)cs1. The largest absolute Gasteiger partial charge is 0.375 e. The van der Waals surface area contributed by atoms with Crippen LogP contribution in [0.25, 0.3) is 11.6 Å². The lowest BCUT2D eigenvalue weighted by atomic mass is 10.1. The highest BCUT2D eigenvalue weighted by atomic mass is 35.5. The molecule has 2 rings (SSSR count). The second-order valence-electron chi connectivity index (χ2n) is 3.54. The molecule has 0 fully saturated rings. The molecule has 1 heterocycles. The van der Waals surface area contributed by atoms with Gasteiger partial charge in [-0.1, -0.05) is 29.3 Å². The van der Waals surface area contributed by atoms with Crippen LogP contribution in [0.3, 0.4) is 0 Å². The number of hydrogen-bond acceptors (Lipinski definition) is 4. The number of anilines is 1. The van der Waals surface area contributed by atoms with Gasteiger partial charge in [0.15, 0.2) is 5.13 Å². The number of rotatable bonds is 3. The Morgan fingerprint density at radius 1 is 1.32 bits per heavy atom. The number of carbonyl (C=O) groups is 1. The molecule has 19 heavy (non-hydrogen) atoms. The highest BCUT2D eigenvalue weighted by Crippen LogP contribution is 2.30. The van der Waals surface area contributed by atoms with Crippen molar-refractivity contribution in [3.8, 4) is 0 Å². The number of carbonyl (C=O) groups excluding carboxylic acids is 1. The van der Waals surface area contributed by atoms with Crippen molar-refractivity contribution in [3.05, 3.63) is 44.9 Å². The van der Waals surface area contributed by atoms with Crippen molar-refractivity contribution in [2.24, 2.45) is 0 Å². The van der Waals surface area contributed by atoms with E-state index in [9.17, 15) is 4.79 Å². The van der Waals surface area contributed by atoms with E-state index in [2.05, 4.69) is 4.98 Å². The van der Waals surface area contributed by atoms with Gasteiger partial charge in [0.25, 0.3) is 5.24 Å². The van der Waals surface area contributed by atoms with Gasteiger partial charge in [0.2, 0.25) is 0 Å². The Bertz CT molecular complexity index is 646. The maximum Gasteiger partial charge on any atom is 0.254 e. The Kier molecular flexibility index (Phi) is 4.47. The number of aromatic nitrogens is 1. The second kappa shape index (κ2) is 5.92. The molecule has 0 bridgehead atoms. The molecule has 2 aromatic rings. The van der Waals surface area contributed by atoms with Crippen molar-refractivity contribution in [1.29, 1.82) is 0 Å². The van der Waals surface area contributed by atoms with E-state index in [0.717, 1.165) is 0 Å². The van der Waals surface area contributed by atoms with Crippen LogP contribution < -0.4 is 5.73 Å². The predicted molar refractivity (Wildman–Crippen MR) is 81.7 cm³/mol. The quantitative estimate of drug-likeness (QED) is 0.671. The summed E-state index contributed by atoms with van der Waals surface area (Å²) in [5, 5.41) is 2.19. The van der Waals surface area contributed by atoms with Gasteiger partial charge in [-0.25, -0.2) is 4.98 Å². The van der Waals surface area contributed by atoms with Gasteiger partial charge in [0.1, 0.15) is 0 Å². The number of nitrogens with zero attached hydrogens (tertiary/aromatic N) is 1. The van der Waals surface area contributed by atoms with Crippen LogP contribution in [0.4, 0.5) is 5.13 Å². The van der Waals surface area contributed by atoms with Crippen LogP contribution in [-0.2, 0) is 4.79 Å². The highest BCUT2D eigenvalue weighted by molar-refractivity contribution is 7.13. The molecule has 0 atom stereocenters. The molecule has 2 N–H and O–H groups in total. The summed E-state index contributed by atoms with van der Waals surface area (Å²) in [7, 11) is 0. The molecule has 0 aliphatic carbocycles. The topological polar surface area (TPSA) is 56.0 Å². The first-order valence-electron chi connectivity index (χ1n) is 5.06. The summed E-state index contributed by atoms with van der Waals surface area (Å²) in [5.41, 5.74) is 6.66. The molecule has 0 aliphatic heterocycles. The highest BCUT2D eigenvalue weighted by Gasteiger charge is 2.15. The normalized spacial score (nSPS) is 11.6. The number of allylic oxidation sites excluding steroid dienone is 1. The van der Waals surface area contributed by atoms with Gasteiger partial charge in [0.05, 0.1) is 11.3 Å². The molecule has 7 heteroatoms. The maximum absolute atomic E-state index is 11.5. The molecule has 0 unspecified atom stereocenters. The Morgan fingerprint density at radius 2 is 1.95 bits per heavy atom. The molecule has 98 valence electrons. The van der Waals surface area contributed by atoms with Crippen molar-refractivity contribution < 1.29 is 4.79 Å². The molecule has 0 radical (unpaired) electrons. The Labute approximate surface area is 128 Å². The monoisotopic (exact) mass is 332 g/mol. The minimum atomic E-state index is -0.652. The fourth-order valence-electron chi connectivity index (χ4n) is 1.44. The second-order valence-corrected chi connectivity index (χ2v) is 5.59. The molecule has 0 spiro atoms. The summed E-state index contributed by atoms with van der Waals surface area (Å²) in [6, 6.07) is 5.06. The molecule has 0 saturated carbocycles. The molecule has 0 aliphatic rings. The van der Waals surface area contributed by atoms with E-state index in [1.54, 1.807) is 23.6 Å². The molecule has 3 nitrogen and oxygen atoms in total. The lowest BCUT2D eigenvalue weighted by Crippen LogP contribution is -1.95. The van der Waals surface area contributed by atoms with Gasteiger partial charge in [0, 0.05) is 21.0 Å². The van der Waals surface area contributed by atoms with Crippen LogP contribution in [0.5, 0.6) is 0 Å². The number of halogens is 3. The van der Waals surface area contributed by atoms with Crippen LogP contribution in [0.1, 0.15) is 11.3 Å². The van der Waals surface area contributed by atoms with E-state index in [4.69, 9.17) is 40.5 Å². The minimum Gasteiger partial charge on any atom is -0.375 e. The molecule has 0 amide bonds. The Hall–Kier alpha value is -1.07. The zero-order valence-corrected chi connectivity index (χ0v) is 12.4. The average Bonchev–Trinajstić information content (AvgIpc) is 2.74. The number of nitrogen functional groups attached to an aromatic ring is 1. The number of benzene rings is 1. The van der Waals surface area contributed by atoms with E-state index in [0.29, 0.717) is 26.4 Å². The van der Waals surface area contributed by atoms with Crippen LogP contribution >= 0.6 is 46.1 Å². The average molecular weight is 334 g/mol. The smallest absolute Gasteiger partial charge is 0.254 e. The molecule has 1 aromatic carbocycles. The van der Waals surface area contributed by atoms with Crippen LogP contribution in [0.2, 0.25) is 10.0 Å². The molecular weight excluding hydrogens is 327 g/mol. The van der Waals surface area contributed by atoms with Crippen LogP contribution in [-0.4, -0.2) is 10.2 Å². The lowest BCUT2D eigenvalue weighted by molar-refractivity contribution is -0.106. The predicted octanol–water partition coefficient (Wildman–Crippen LogP) is 4.34. The third kappa shape index (κ3) is 3.28. The molecule has 0 saturated heterocycles. The van der Waals surface area contributed by atoms with E-state index in [-0.39, 0.29) is 5.57 Å². The van der Waals surface area contributed by atoms with Crippen LogP contribution in [0, 0.1) is 0 Å². The third-order valence-electron chi connectivity index (χ3n) is 2.30. The first kappa shape index (κ1) is 14.3. The lowest BCUT2D eigenvalue weighted by Gasteiger charge is -2.03. The zero-order chi connectivity index (χ0) is 14.0. The fraction of sp³-hybridized carbons (Fsp3) is 0. The molecular formula is C12H7Cl3N2OS. The third-order valence-corrected chi connectivity index (χ3v) is 3.83. The van der Waals surface area contributed by atoms with E-state index in [1.807, 2.05) is 0 Å². The Balaban J connectivity index is 2.57. The first-order valence-corrected chi connectivity index (χ1v) is 7.07.